The fraction of sp³-hybridized carbons (Fsp3) is 0.133. The van der Waals surface area contributed by atoms with Gasteiger partial charge in [-0.05, 0) is 12.1 Å². The van der Waals surface area contributed by atoms with Gasteiger partial charge < -0.3 is 14.7 Å². The van der Waals surface area contributed by atoms with E-state index in [1.165, 1.54) is 0 Å². The van der Waals surface area contributed by atoms with Crippen LogP contribution in [0.3, 0.4) is 0 Å². The van der Waals surface area contributed by atoms with Crippen LogP contribution in [0.1, 0.15) is 5.56 Å². The van der Waals surface area contributed by atoms with Crippen LogP contribution in [-0.4, -0.2) is 24.6 Å². The Balaban J connectivity index is 2.09. The van der Waals surface area contributed by atoms with Gasteiger partial charge in [-0.15, -0.1) is 0 Å². The molecule has 0 amide bonds. The van der Waals surface area contributed by atoms with E-state index in [0.29, 0.717) is 17.2 Å². The molecular weight excluding hydrogens is 242 g/mol. The monoisotopic (exact) mass is 257 g/mol. The molecule has 0 aliphatic heterocycles. The molecule has 0 atom stereocenters. The Morgan fingerprint density at radius 3 is 2.26 bits per heavy atom. The molecule has 0 bridgehead atoms. The SMILES string of the molecule is COc1ccccc1OC/C(=N\O)c1ccccc1. The van der Waals surface area contributed by atoms with E-state index >= 15 is 0 Å². The molecule has 0 radical (unpaired) electrons. The third kappa shape index (κ3) is 3.25. The second-order valence-corrected chi connectivity index (χ2v) is 3.85. The van der Waals surface area contributed by atoms with Crippen LogP contribution >= 0.6 is 0 Å². The molecule has 4 heteroatoms. The third-order valence-electron chi connectivity index (χ3n) is 2.66. The molecule has 98 valence electrons. The number of hydrogen-bond donors (Lipinski definition) is 1. The zero-order valence-electron chi connectivity index (χ0n) is 10.6. The first-order valence-corrected chi connectivity index (χ1v) is 5.87. The lowest BCUT2D eigenvalue weighted by molar-refractivity contribution is 0.302. The first kappa shape index (κ1) is 13.0. The summed E-state index contributed by atoms with van der Waals surface area (Å²) in [7, 11) is 1.58. The summed E-state index contributed by atoms with van der Waals surface area (Å²) in [4.78, 5) is 0. The van der Waals surface area contributed by atoms with Crippen LogP contribution in [-0.2, 0) is 0 Å². The summed E-state index contributed by atoms with van der Waals surface area (Å²) in [6, 6.07) is 16.7. The van der Waals surface area contributed by atoms with Gasteiger partial charge in [0, 0.05) is 5.56 Å². The van der Waals surface area contributed by atoms with Gasteiger partial charge in [0.2, 0.25) is 0 Å². The minimum absolute atomic E-state index is 0.168. The standard InChI is InChI=1S/C15H15NO3/c1-18-14-9-5-6-10-15(14)19-11-13(16-17)12-7-3-2-4-8-12/h2-10,17H,11H2,1H3/b16-13+. The van der Waals surface area contributed by atoms with Crippen molar-refractivity contribution in [2.24, 2.45) is 5.16 Å². The van der Waals surface area contributed by atoms with Gasteiger partial charge in [0.1, 0.15) is 12.3 Å². The average molecular weight is 257 g/mol. The van der Waals surface area contributed by atoms with Crippen molar-refractivity contribution in [1.82, 2.24) is 0 Å². The van der Waals surface area contributed by atoms with Crippen molar-refractivity contribution in [3.05, 3.63) is 60.2 Å². The van der Waals surface area contributed by atoms with E-state index < -0.39 is 0 Å². The van der Waals surface area contributed by atoms with Gasteiger partial charge in [-0.25, -0.2) is 0 Å². The number of nitrogens with zero attached hydrogens (tertiary/aromatic N) is 1. The highest BCUT2D eigenvalue weighted by molar-refractivity contribution is 6.01. The van der Waals surface area contributed by atoms with Gasteiger partial charge >= 0.3 is 0 Å². The smallest absolute Gasteiger partial charge is 0.161 e. The zero-order chi connectivity index (χ0) is 13.5. The van der Waals surface area contributed by atoms with Crippen molar-refractivity contribution in [2.45, 2.75) is 0 Å². The molecule has 2 rings (SSSR count). The van der Waals surface area contributed by atoms with Crippen LogP contribution in [0.4, 0.5) is 0 Å². The van der Waals surface area contributed by atoms with Crippen molar-refractivity contribution in [2.75, 3.05) is 13.7 Å². The Bertz CT molecular complexity index is 552. The number of rotatable bonds is 5. The van der Waals surface area contributed by atoms with E-state index in [0.717, 1.165) is 5.56 Å². The van der Waals surface area contributed by atoms with Gasteiger partial charge in [-0.2, -0.15) is 0 Å². The summed E-state index contributed by atoms with van der Waals surface area (Å²) in [6.07, 6.45) is 0. The van der Waals surface area contributed by atoms with E-state index in [9.17, 15) is 0 Å². The predicted octanol–water partition coefficient (Wildman–Crippen LogP) is 2.95. The van der Waals surface area contributed by atoms with Gasteiger partial charge in [0.05, 0.1) is 7.11 Å². The molecule has 1 N–H and O–H groups in total. The number of ether oxygens (including phenoxy) is 2. The van der Waals surface area contributed by atoms with E-state index in [1.54, 1.807) is 13.2 Å². The third-order valence-corrected chi connectivity index (χ3v) is 2.66. The molecule has 0 heterocycles. The highest BCUT2D eigenvalue weighted by Gasteiger charge is 2.07. The number of methoxy groups -OCH3 is 1. The van der Waals surface area contributed by atoms with Crippen molar-refractivity contribution >= 4 is 5.71 Å². The molecule has 0 aromatic heterocycles. The first-order chi connectivity index (χ1) is 9.35. The molecule has 19 heavy (non-hydrogen) atoms. The summed E-state index contributed by atoms with van der Waals surface area (Å²) < 4.78 is 10.8. The lowest BCUT2D eigenvalue weighted by Gasteiger charge is -2.11. The molecule has 0 saturated carbocycles. The second kappa shape index (κ2) is 6.44. The van der Waals surface area contributed by atoms with Crippen LogP contribution in [0.5, 0.6) is 11.5 Å². The minimum atomic E-state index is 0.168. The summed E-state index contributed by atoms with van der Waals surface area (Å²) in [6.45, 7) is 0.168. The van der Waals surface area contributed by atoms with Crippen molar-refractivity contribution in [1.29, 1.82) is 0 Å². The lowest BCUT2D eigenvalue weighted by Crippen LogP contribution is -2.13. The summed E-state index contributed by atoms with van der Waals surface area (Å²) >= 11 is 0. The molecule has 0 aliphatic rings. The zero-order valence-corrected chi connectivity index (χ0v) is 10.6. The van der Waals surface area contributed by atoms with Crippen molar-refractivity contribution in [3.8, 4) is 11.5 Å². The average Bonchev–Trinajstić information content (AvgIpc) is 2.49. The van der Waals surface area contributed by atoms with Gasteiger partial charge in [0.15, 0.2) is 11.5 Å². The van der Waals surface area contributed by atoms with Crippen molar-refractivity contribution < 1.29 is 14.7 Å². The molecule has 0 unspecified atom stereocenters. The summed E-state index contributed by atoms with van der Waals surface area (Å²) in [5, 5.41) is 12.3. The maximum absolute atomic E-state index is 9.06. The fourth-order valence-electron chi connectivity index (χ4n) is 1.68. The van der Waals surface area contributed by atoms with Gasteiger partial charge in [-0.1, -0.05) is 47.6 Å². The Labute approximate surface area is 111 Å². The van der Waals surface area contributed by atoms with Crippen LogP contribution in [0.2, 0.25) is 0 Å². The summed E-state index contributed by atoms with van der Waals surface area (Å²) in [5.41, 5.74) is 1.28. The maximum Gasteiger partial charge on any atom is 0.161 e. The molecular formula is C15H15NO3. The van der Waals surface area contributed by atoms with Crippen LogP contribution in [0, 0.1) is 0 Å². The number of para-hydroxylation sites is 2. The lowest BCUT2D eigenvalue weighted by atomic mass is 10.1. The van der Waals surface area contributed by atoms with E-state index in [-0.39, 0.29) is 6.61 Å². The quantitative estimate of drug-likeness (QED) is 0.509. The Morgan fingerprint density at radius 2 is 1.63 bits per heavy atom. The van der Waals surface area contributed by atoms with Crippen molar-refractivity contribution in [3.63, 3.8) is 0 Å². The first-order valence-electron chi connectivity index (χ1n) is 5.87. The molecule has 0 aliphatic carbocycles. The predicted molar refractivity (Wildman–Crippen MR) is 73.3 cm³/mol. The highest BCUT2D eigenvalue weighted by atomic mass is 16.5. The normalized spacial score (nSPS) is 11.1. The summed E-state index contributed by atoms with van der Waals surface area (Å²) in [5.74, 6) is 1.26. The van der Waals surface area contributed by atoms with Crippen LogP contribution in [0.25, 0.3) is 0 Å². The van der Waals surface area contributed by atoms with Gasteiger partial charge in [-0.3, -0.25) is 0 Å². The molecule has 4 nitrogen and oxygen atoms in total. The number of benzene rings is 2. The molecule has 0 spiro atoms. The van der Waals surface area contributed by atoms with E-state index in [1.807, 2.05) is 48.5 Å². The molecule has 2 aromatic carbocycles. The van der Waals surface area contributed by atoms with Crippen LogP contribution in [0.15, 0.2) is 59.8 Å². The topological polar surface area (TPSA) is 51.0 Å². The minimum Gasteiger partial charge on any atom is -0.493 e. The maximum atomic E-state index is 9.06. The van der Waals surface area contributed by atoms with Gasteiger partial charge in [0.25, 0.3) is 0 Å². The molecule has 0 saturated heterocycles. The Morgan fingerprint density at radius 1 is 1.00 bits per heavy atom. The fourth-order valence-corrected chi connectivity index (χ4v) is 1.68. The number of hydrogen-bond acceptors (Lipinski definition) is 4. The Hall–Kier alpha value is -2.49. The number of oxime groups is 1. The highest BCUT2D eigenvalue weighted by Crippen LogP contribution is 2.25. The second-order valence-electron chi connectivity index (χ2n) is 3.85. The van der Waals surface area contributed by atoms with E-state index in [4.69, 9.17) is 14.7 Å². The van der Waals surface area contributed by atoms with Crippen LogP contribution < -0.4 is 9.47 Å². The molecule has 2 aromatic rings. The largest absolute Gasteiger partial charge is 0.493 e. The Kier molecular flexibility index (Phi) is 4.39. The van der Waals surface area contributed by atoms with E-state index in [2.05, 4.69) is 5.16 Å². The molecule has 0 fully saturated rings.